The summed E-state index contributed by atoms with van der Waals surface area (Å²) in [4.78, 5) is 12.0. The predicted molar refractivity (Wildman–Crippen MR) is 69.9 cm³/mol. The maximum atomic E-state index is 13.6. The number of carbonyl (C=O) groups is 1. The lowest BCUT2D eigenvalue weighted by Gasteiger charge is -2.25. The normalized spacial score (nSPS) is 17.6. The van der Waals surface area contributed by atoms with Gasteiger partial charge in [0.05, 0.1) is 12.0 Å². The number of aryl methyl sites for hydroxylation is 1. The maximum Gasteiger partial charge on any atom is 0.170 e. The number of carbonyl (C=O) groups excluding carboxylic acids is 1. The van der Waals surface area contributed by atoms with Crippen molar-refractivity contribution in [2.45, 2.75) is 19.4 Å². The Kier molecular flexibility index (Phi) is 3.01. The molecule has 2 aromatic rings. The van der Waals surface area contributed by atoms with E-state index in [0.29, 0.717) is 16.7 Å². The van der Waals surface area contributed by atoms with E-state index in [1.165, 1.54) is 24.3 Å². The highest BCUT2D eigenvalue weighted by molar-refractivity contribution is 5.99. The minimum Gasteiger partial charge on any atom is -0.484 e. The Morgan fingerprint density at radius 1 is 1.15 bits per heavy atom. The zero-order valence-electron chi connectivity index (χ0n) is 10.8. The molecule has 0 bridgehead atoms. The standard InChI is InChI=1S/C16H12F2O2/c1-9-2-3-10(6-13(9)18)15-8-14(19)12-5-4-11(17)7-16(12)20-15/h2-7,15H,8H2,1H3. The number of fused-ring (bicyclic) bond motifs is 1. The number of benzene rings is 2. The molecule has 0 saturated heterocycles. The van der Waals surface area contributed by atoms with Gasteiger partial charge in [-0.2, -0.15) is 0 Å². The lowest BCUT2D eigenvalue weighted by molar-refractivity contribution is 0.0849. The van der Waals surface area contributed by atoms with E-state index in [1.54, 1.807) is 19.1 Å². The van der Waals surface area contributed by atoms with Gasteiger partial charge in [0.25, 0.3) is 0 Å². The van der Waals surface area contributed by atoms with Crippen molar-refractivity contribution in [2.75, 3.05) is 0 Å². The third-order valence-corrected chi connectivity index (χ3v) is 3.45. The Morgan fingerprint density at radius 2 is 1.95 bits per heavy atom. The third-order valence-electron chi connectivity index (χ3n) is 3.45. The van der Waals surface area contributed by atoms with Crippen LogP contribution in [0.4, 0.5) is 8.78 Å². The molecule has 0 N–H and O–H groups in total. The molecule has 20 heavy (non-hydrogen) atoms. The van der Waals surface area contributed by atoms with E-state index in [0.717, 1.165) is 0 Å². The van der Waals surface area contributed by atoms with E-state index in [-0.39, 0.29) is 23.8 Å². The summed E-state index contributed by atoms with van der Waals surface area (Å²) in [6.45, 7) is 1.66. The number of halogens is 2. The second-order valence-corrected chi connectivity index (χ2v) is 4.88. The summed E-state index contributed by atoms with van der Waals surface area (Å²) in [5.41, 5.74) is 1.48. The van der Waals surface area contributed by atoms with Crippen molar-refractivity contribution in [3.8, 4) is 5.75 Å². The zero-order chi connectivity index (χ0) is 14.3. The molecule has 1 unspecified atom stereocenters. The maximum absolute atomic E-state index is 13.6. The van der Waals surface area contributed by atoms with Crippen LogP contribution < -0.4 is 4.74 Å². The third kappa shape index (κ3) is 2.18. The number of ether oxygens (including phenoxy) is 1. The molecule has 3 rings (SSSR count). The van der Waals surface area contributed by atoms with Crippen LogP contribution in [0.2, 0.25) is 0 Å². The van der Waals surface area contributed by atoms with Crippen LogP contribution in [0.5, 0.6) is 5.75 Å². The van der Waals surface area contributed by atoms with Gasteiger partial charge in [0.15, 0.2) is 5.78 Å². The molecule has 1 aliphatic heterocycles. The summed E-state index contributed by atoms with van der Waals surface area (Å²) >= 11 is 0. The second-order valence-electron chi connectivity index (χ2n) is 4.88. The van der Waals surface area contributed by atoms with Gasteiger partial charge in [0.2, 0.25) is 0 Å². The quantitative estimate of drug-likeness (QED) is 0.786. The average molecular weight is 274 g/mol. The van der Waals surface area contributed by atoms with Crippen LogP contribution in [0.3, 0.4) is 0 Å². The van der Waals surface area contributed by atoms with Gasteiger partial charge in [-0.15, -0.1) is 0 Å². The van der Waals surface area contributed by atoms with Crippen LogP contribution in [-0.4, -0.2) is 5.78 Å². The molecular formula is C16H12F2O2. The zero-order valence-corrected chi connectivity index (χ0v) is 10.8. The topological polar surface area (TPSA) is 26.3 Å². The fraction of sp³-hybridized carbons (Fsp3) is 0.188. The molecule has 0 fully saturated rings. The van der Waals surface area contributed by atoms with Crippen molar-refractivity contribution in [3.63, 3.8) is 0 Å². The first kappa shape index (κ1) is 12.8. The van der Waals surface area contributed by atoms with Gasteiger partial charge >= 0.3 is 0 Å². The van der Waals surface area contributed by atoms with Gasteiger partial charge in [-0.05, 0) is 36.2 Å². The van der Waals surface area contributed by atoms with E-state index in [4.69, 9.17) is 4.74 Å². The van der Waals surface area contributed by atoms with Crippen molar-refractivity contribution in [2.24, 2.45) is 0 Å². The minimum absolute atomic E-state index is 0.126. The van der Waals surface area contributed by atoms with Crippen molar-refractivity contribution in [1.82, 2.24) is 0 Å². The van der Waals surface area contributed by atoms with Gasteiger partial charge in [-0.3, -0.25) is 4.79 Å². The van der Waals surface area contributed by atoms with E-state index in [2.05, 4.69) is 0 Å². The molecule has 0 aromatic heterocycles. The summed E-state index contributed by atoms with van der Waals surface area (Å²) in [6, 6.07) is 8.55. The van der Waals surface area contributed by atoms with Crippen LogP contribution in [-0.2, 0) is 0 Å². The van der Waals surface area contributed by atoms with Crippen molar-refractivity contribution >= 4 is 5.78 Å². The predicted octanol–water partition coefficient (Wildman–Crippen LogP) is 3.98. The molecule has 0 amide bonds. The monoisotopic (exact) mass is 274 g/mol. The second kappa shape index (κ2) is 4.71. The van der Waals surface area contributed by atoms with Gasteiger partial charge in [0, 0.05) is 6.07 Å². The molecule has 4 heteroatoms. The van der Waals surface area contributed by atoms with Crippen LogP contribution in [0, 0.1) is 18.6 Å². The molecule has 1 heterocycles. The van der Waals surface area contributed by atoms with E-state index in [1.807, 2.05) is 0 Å². The Morgan fingerprint density at radius 3 is 2.70 bits per heavy atom. The van der Waals surface area contributed by atoms with Gasteiger partial charge in [-0.25, -0.2) is 8.78 Å². The van der Waals surface area contributed by atoms with Crippen molar-refractivity contribution < 1.29 is 18.3 Å². The van der Waals surface area contributed by atoms with Crippen LogP contribution in [0.25, 0.3) is 0 Å². The first-order valence-corrected chi connectivity index (χ1v) is 6.30. The summed E-state index contributed by atoms with van der Waals surface area (Å²) in [7, 11) is 0. The highest BCUT2D eigenvalue weighted by Crippen LogP contribution is 2.35. The largest absolute Gasteiger partial charge is 0.484 e. The van der Waals surface area contributed by atoms with Crippen LogP contribution >= 0.6 is 0 Å². The highest BCUT2D eigenvalue weighted by Gasteiger charge is 2.28. The number of hydrogen-bond donors (Lipinski definition) is 0. The number of hydrogen-bond acceptors (Lipinski definition) is 2. The molecule has 0 saturated carbocycles. The molecular weight excluding hydrogens is 262 g/mol. The Hall–Kier alpha value is -2.23. The molecule has 1 atom stereocenters. The molecule has 2 nitrogen and oxygen atoms in total. The summed E-state index contributed by atoms with van der Waals surface area (Å²) in [6.07, 6.45) is -0.451. The first-order chi connectivity index (χ1) is 9.54. The number of ketones is 1. The van der Waals surface area contributed by atoms with Gasteiger partial charge in [0.1, 0.15) is 23.5 Å². The Bertz CT molecular complexity index is 695. The van der Waals surface area contributed by atoms with E-state index < -0.39 is 11.9 Å². The smallest absolute Gasteiger partial charge is 0.170 e. The molecule has 2 aromatic carbocycles. The van der Waals surface area contributed by atoms with Gasteiger partial charge < -0.3 is 4.74 Å². The fourth-order valence-corrected chi connectivity index (χ4v) is 2.29. The number of Topliss-reactive ketones (excluding diaryl/α,β-unsaturated/α-hetero) is 1. The fourth-order valence-electron chi connectivity index (χ4n) is 2.29. The van der Waals surface area contributed by atoms with E-state index >= 15 is 0 Å². The van der Waals surface area contributed by atoms with Crippen molar-refractivity contribution in [1.29, 1.82) is 0 Å². The summed E-state index contributed by atoms with van der Waals surface area (Å²) < 4.78 is 32.4. The average Bonchev–Trinajstić information content (AvgIpc) is 2.41. The first-order valence-electron chi connectivity index (χ1n) is 6.30. The summed E-state index contributed by atoms with van der Waals surface area (Å²) in [5, 5.41) is 0. The van der Waals surface area contributed by atoms with Crippen molar-refractivity contribution in [3.05, 3.63) is 64.7 Å². The highest BCUT2D eigenvalue weighted by atomic mass is 19.1. The lowest BCUT2D eigenvalue weighted by atomic mass is 9.95. The minimum atomic E-state index is -0.577. The van der Waals surface area contributed by atoms with Crippen LogP contribution in [0.1, 0.15) is 34.0 Å². The SMILES string of the molecule is Cc1ccc(C2CC(=O)c3ccc(F)cc3O2)cc1F. The lowest BCUT2D eigenvalue weighted by Crippen LogP contribution is -2.20. The van der Waals surface area contributed by atoms with Gasteiger partial charge in [-0.1, -0.05) is 12.1 Å². The molecule has 0 spiro atoms. The van der Waals surface area contributed by atoms with Crippen LogP contribution in [0.15, 0.2) is 36.4 Å². The molecule has 102 valence electrons. The van der Waals surface area contributed by atoms with E-state index in [9.17, 15) is 13.6 Å². The molecule has 0 aliphatic carbocycles. The number of rotatable bonds is 1. The molecule has 1 aliphatic rings. The molecule has 0 radical (unpaired) electrons. The Balaban J connectivity index is 1.98. The summed E-state index contributed by atoms with van der Waals surface area (Å²) in [5.74, 6) is -0.722. The Labute approximate surface area is 115 Å².